The number of nitrogen functional groups attached to an aromatic ring is 1. The number of fused-ring (bicyclic) bond motifs is 1. The minimum absolute atomic E-state index is 0.763. The van der Waals surface area contributed by atoms with Crippen LogP contribution in [0.1, 0.15) is 0 Å². The molecule has 1 nitrogen and oxygen atoms in total. The van der Waals surface area contributed by atoms with E-state index in [1.165, 1.54) is 0 Å². The van der Waals surface area contributed by atoms with Gasteiger partial charge < -0.3 is 5.73 Å². The normalized spacial score (nSPS) is 9.45. The average Bonchev–Trinajstić information content (AvgIpc) is 2.06. The van der Waals surface area contributed by atoms with Crippen molar-refractivity contribution >= 4 is 16.5 Å². The summed E-state index contributed by atoms with van der Waals surface area (Å²) in [6.45, 7) is 0. The van der Waals surface area contributed by atoms with Gasteiger partial charge in [-0.2, -0.15) is 0 Å². The summed E-state index contributed by atoms with van der Waals surface area (Å²) in [5.74, 6) is 0. The lowest BCUT2D eigenvalue weighted by molar-refractivity contribution is 1.75. The quantitative estimate of drug-likeness (QED) is 0.596. The first-order valence-corrected chi connectivity index (χ1v) is 3.44. The summed E-state index contributed by atoms with van der Waals surface area (Å²) in [7, 11) is 0. The van der Waals surface area contributed by atoms with Gasteiger partial charge in [-0.05, 0) is 6.07 Å². The lowest BCUT2D eigenvalue weighted by Gasteiger charge is -1.95. The Hall–Kier alpha value is -1.68. The summed E-state index contributed by atoms with van der Waals surface area (Å²) >= 11 is 0. The molecule has 0 spiro atoms. The highest BCUT2D eigenvalue weighted by Crippen LogP contribution is 2.16. The van der Waals surface area contributed by atoms with Crippen LogP contribution >= 0.6 is 0 Å². The van der Waals surface area contributed by atoms with Gasteiger partial charge in [-0.1, -0.05) is 30.3 Å². The van der Waals surface area contributed by atoms with Gasteiger partial charge in [0.15, 0.2) is 0 Å². The lowest BCUT2D eigenvalue weighted by atomic mass is 10.1. The van der Waals surface area contributed by atoms with Gasteiger partial charge in [0.25, 0.3) is 0 Å². The standard InChI is InChI=1S/C10H7N/c11-10-7-3-5-8-4-1-2-6-9(8)10/h1-2,4,6-7H,11H2. The van der Waals surface area contributed by atoms with Gasteiger partial charge in [-0.15, -0.1) is 0 Å². The molecule has 0 unspecified atom stereocenters. The first kappa shape index (κ1) is 6.06. The molecule has 52 valence electrons. The molecule has 0 fully saturated rings. The monoisotopic (exact) mass is 141 g/mol. The van der Waals surface area contributed by atoms with E-state index in [0.717, 1.165) is 16.5 Å². The number of anilines is 1. The Morgan fingerprint density at radius 2 is 2.00 bits per heavy atom. The molecule has 2 aromatic rings. The van der Waals surface area contributed by atoms with E-state index >= 15 is 0 Å². The average molecular weight is 141 g/mol. The van der Waals surface area contributed by atoms with Crippen LogP contribution in [0, 0.1) is 12.1 Å². The van der Waals surface area contributed by atoms with Crippen molar-refractivity contribution in [2.24, 2.45) is 0 Å². The van der Waals surface area contributed by atoms with Crippen LogP contribution in [0.4, 0.5) is 5.69 Å². The fourth-order valence-corrected chi connectivity index (χ4v) is 1.11. The molecule has 0 aliphatic carbocycles. The van der Waals surface area contributed by atoms with Crippen LogP contribution in [0.3, 0.4) is 0 Å². The van der Waals surface area contributed by atoms with Gasteiger partial charge in [0.05, 0.1) is 0 Å². The van der Waals surface area contributed by atoms with Crippen molar-refractivity contribution in [1.29, 1.82) is 0 Å². The topological polar surface area (TPSA) is 26.0 Å². The van der Waals surface area contributed by atoms with Gasteiger partial charge in [0.1, 0.15) is 0 Å². The fourth-order valence-electron chi connectivity index (χ4n) is 1.11. The molecule has 0 aliphatic heterocycles. The molecule has 0 atom stereocenters. The molecule has 0 bridgehead atoms. The maximum Gasteiger partial charge on any atom is 0.0485 e. The highest BCUT2D eigenvalue weighted by atomic mass is 14.5. The van der Waals surface area contributed by atoms with E-state index in [1.54, 1.807) is 6.07 Å². The number of hydrogen-bond donors (Lipinski definition) is 1. The van der Waals surface area contributed by atoms with E-state index < -0.39 is 0 Å². The third kappa shape index (κ3) is 0.890. The molecule has 2 aromatic carbocycles. The van der Waals surface area contributed by atoms with E-state index in [0.29, 0.717) is 0 Å². The molecule has 2 N–H and O–H groups in total. The number of rotatable bonds is 0. The zero-order valence-electron chi connectivity index (χ0n) is 5.96. The summed E-state index contributed by atoms with van der Waals surface area (Å²) < 4.78 is 0. The van der Waals surface area contributed by atoms with Gasteiger partial charge in [0.2, 0.25) is 0 Å². The molecular weight excluding hydrogens is 134 g/mol. The highest BCUT2D eigenvalue weighted by Gasteiger charge is 1.91. The second-order valence-electron chi connectivity index (χ2n) is 2.41. The Morgan fingerprint density at radius 3 is 2.82 bits per heavy atom. The fraction of sp³-hybridized carbons (Fsp3) is 0. The van der Waals surface area contributed by atoms with Crippen LogP contribution in [0.2, 0.25) is 0 Å². The molecule has 11 heavy (non-hydrogen) atoms. The summed E-state index contributed by atoms with van der Waals surface area (Å²) in [5, 5.41) is 2.07. The van der Waals surface area contributed by atoms with Crippen molar-refractivity contribution in [3.05, 3.63) is 42.5 Å². The predicted molar refractivity (Wildman–Crippen MR) is 46.0 cm³/mol. The Morgan fingerprint density at radius 1 is 1.18 bits per heavy atom. The maximum atomic E-state index is 5.70. The van der Waals surface area contributed by atoms with Crippen molar-refractivity contribution in [1.82, 2.24) is 0 Å². The molecule has 0 aromatic heterocycles. The second-order valence-corrected chi connectivity index (χ2v) is 2.41. The van der Waals surface area contributed by atoms with E-state index in [-0.39, 0.29) is 0 Å². The SMILES string of the molecule is Nc1cc#cc2ccccc12. The van der Waals surface area contributed by atoms with Crippen molar-refractivity contribution in [2.75, 3.05) is 5.73 Å². The summed E-state index contributed by atoms with van der Waals surface area (Å²) in [4.78, 5) is 0. The summed E-state index contributed by atoms with van der Waals surface area (Å²) in [6, 6.07) is 15.5. The zero-order chi connectivity index (χ0) is 7.68. The van der Waals surface area contributed by atoms with Crippen molar-refractivity contribution < 1.29 is 0 Å². The lowest BCUT2D eigenvalue weighted by Crippen LogP contribution is -1.83. The van der Waals surface area contributed by atoms with Crippen LogP contribution in [0.15, 0.2) is 30.3 Å². The zero-order valence-corrected chi connectivity index (χ0v) is 5.96. The van der Waals surface area contributed by atoms with Crippen molar-refractivity contribution in [2.45, 2.75) is 0 Å². The molecular formula is C10H7N. The van der Waals surface area contributed by atoms with E-state index in [2.05, 4.69) is 12.1 Å². The molecule has 0 heterocycles. The molecule has 0 amide bonds. The first-order valence-electron chi connectivity index (χ1n) is 3.44. The first-order chi connectivity index (χ1) is 5.38. The van der Waals surface area contributed by atoms with Crippen LogP contribution in [-0.4, -0.2) is 0 Å². The third-order valence-corrected chi connectivity index (χ3v) is 1.67. The van der Waals surface area contributed by atoms with Gasteiger partial charge >= 0.3 is 0 Å². The largest absolute Gasteiger partial charge is 0.398 e. The van der Waals surface area contributed by atoms with Crippen LogP contribution in [0.5, 0.6) is 0 Å². The number of nitrogens with two attached hydrogens (primary N) is 1. The third-order valence-electron chi connectivity index (χ3n) is 1.67. The van der Waals surface area contributed by atoms with Gasteiger partial charge in [-0.3, -0.25) is 0 Å². The summed E-state index contributed by atoms with van der Waals surface area (Å²) in [5.41, 5.74) is 6.47. The van der Waals surface area contributed by atoms with Gasteiger partial charge in [-0.25, -0.2) is 0 Å². The minimum Gasteiger partial charge on any atom is -0.398 e. The van der Waals surface area contributed by atoms with Crippen molar-refractivity contribution in [3.63, 3.8) is 0 Å². The molecule has 0 saturated carbocycles. The molecule has 0 saturated heterocycles. The van der Waals surface area contributed by atoms with E-state index in [4.69, 9.17) is 5.73 Å². The smallest absolute Gasteiger partial charge is 0.0485 e. The van der Waals surface area contributed by atoms with Crippen LogP contribution in [-0.2, 0) is 0 Å². The Labute approximate surface area is 65.5 Å². The van der Waals surface area contributed by atoms with E-state index in [1.807, 2.05) is 24.3 Å². The molecule has 1 heteroatoms. The predicted octanol–water partition coefficient (Wildman–Crippen LogP) is 2.02. The van der Waals surface area contributed by atoms with Gasteiger partial charge in [0, 0.05) is 22.5 Å². The Bertz CT molecular complexity index is 374. The van der Waals surface area contributed by atoms with Crippen molar-refractivity contribution in [3.8, 4) is 0 Å². The summed E-state index contributed by atoms with van der Waals surface area (Å²) in [6.07, 6.45) is 0. The molecule has 2 rings (SSSR count). The maximum absolute atomic E-state index is 5.70. The Balaban J connectivity index is 2.91. The number of hydrogen-bond acceptors (Lipinski definition) is 1. The van der Waals surface area contributed by atoms with E-state index in [9.17, 15) is 0 Å². The molecule has 0 aliphatic rings. The second kappa shape index (κ2) is 2.17. The number of benzene rings is 1. The minimum atomic E-state index is 0.763. The highest BCUT2D eigenvalue weighted by molar-refractivity contribution is 5.91. The van der Waals surface area contributed by atoms with Crippen LogP contribution < -0.4 is 5.73 Å². The molecule has 0 radical (unpaired) electrons. The Kier molecular flexibility index (Phi) is 1.20. The van der Waals surface area contributed by atoms with Crippen LogP contribution in [0.25, 0.3) is 10.8 Å².